The lowest BCUT2D eigenvalue weighted by Crippen LogP contribution is -2.22. The fourth-order valence-corrected chi connectivity index (χ4v) is 1.50. The Bertz CT molecular complexity index is 383. The van der Waals surface area contributed by atoms with Gasteiger partial charge in [-0.15, -0.1) is 0 Å². The Morgan fingerprint density at radius 3 is 2.65 bits per heavy atom. The van der Waals surface area contributed by atoms with Crippen LogP contribution in [0.25, 0.3) is 0 Å². The summed E-state index contributed by atoms with van der Waals surface area (Å²) in [5.41, 5.74) is 6.71. The molecule has 4 nitrogen and oxygen atoms in total. The van der Waals surface area contributed by atoms with Gasteiger partial charge in [-0.2, -0.15) is 0 Å². The second-order valence-corrected chi connectivity index (χ2v) is 4.15. The van der Waals surface area contributed by atoms with Crippen LogP contribution in [0.1, 0.15) is 13.8 Å². The maximum Gasteiger partial charge on any atom is 0.167 e. The van der Waals surface area contributed by atoms with E-state index < -0.39 is 5.82 Å². The third kappa shape index (κ3) is 3.49. The van der Waals surface area contributed by atoms with Crippen LogP contribution in [0.4, 0.5) is 15.8 Å². The molecule has 0 unspecified atom stereocenters. The topological polar surface area (TPSA) is 58.7 Å². The van der Waals surface area contributed by atoms with Crippen molar-refractivity contribution in [3.05, 3.63) is 17.9 Å². The van der Waals surface area contributed by atoms with Gasteiger partial charge in [0, 0.05) is 25.7 Å². The summed E-state index contributed by atoms with van der Waals surface area (Å²) in [4.78, 5) is 1.75. The van der Waals surface area contributed by atoms with Crippen molar-refractivity contribution in [1.29, 1.82) is 0 Å². The second kappa shape index (κ2) is 5.72. The lowest BCUT2D eigenvalue weighted by atomic mass is 10.2. The number of nitrogens with zero attached hydrogens (tertiary/aromatic N) is 1. The predicted octanol–water partition coefficient (Wildman–Crippen LogP) is 1.62. The molecule has 0 spiro atoms. The zero-order chi connectivity index (χ0) is 13.0. The van der Waals surface area contributed by atoms with Crippen molar-refractivity contribution in [3.8, 4) is 5.75 Å². The van der Waals surface area contributed by atoms with E-state index in [1.807, 2.05) is 13.8 Å². The molecule has 17 heavy (non-hydrogen) atoms. The first kappa shape index (κ1) is 13.6. The highest BCUT2D eigenvalue weighted by molar-refractivity contribution is 5.69. The minimum Gasteiger partial charge on any atom is -0.488 e. The van der Waals surface area contributed by atoms with Gasteiger partial charge in [0.1, 0.15) is 0 Å². The molecule has 0 aliphatic carbocycles. The maximum atomic E-state index is 13.6. The first-order valence-electron chi connectivity index (χ1n) is 5.53. The number of halogens is 1. The Labute approximate surface area is 101 Å². The number of likely N-dealkylation sites (N-methyl/N-ethyl adjacent to an activating group) is 1. The van der Waals surface area contributed by atoms with Gasteiger partial charge in [0.25, 0.3) is 0 Å². The van der Waals surface area contributed by atoms with E-state index in [0.717, 1.165) is 0 Å². The summed E-state index contributed by atoms with van der Waals surface area (Å²) in [5, 5.41) is 8.87. The number of nitrogens with two attached hydrogens (primary N) is 1. The quantitative estimate of drug-likeness (QED) is 0.770. The summed E-state index contributed by atoms with van der Waals surface area (Å²) in [5.74, 6) is -0.300. The van der Waals surface area contributed by atoms with E-state index in [-0.39, 0.29) is 18.5 Å². The molecule has 0 heterocycles. The summed E-state index contributed by atoms with van der Waals surface area (Å²) >= 11 is 0. The zero-order valence-electron chi connectivity index (χ0n) is 10.4. The number of hydrogen-bond acceptors (Lipinski definition) is 4. The van der Waals surface area contributed by atoms with E-state index in [9.17, 15) is 4.39 Å². The van der Waals surface area contributed by atoms with Gasteiger partial charge in [0.05, 0.1) is 24.1 Å². The van der Waals surface area contributed by atoms with Gasteiger partial charge in [-0.3, -0.25) is 0 Å². The molecule has 0 atom stereocenters. The average molecular weight is 242 g/mol. The van der Waals surface area contributed by atoms with Gasteiger partial charge in [-0.25, -0.2) is 4.39 Å². The molecule has 0 bridgehead atoms. The largest absolute Gasteiger partial charge is 0.488 e. The third-order valence-electron chi connectivity index (χ3n) is 2.29. The number of benzene rings is 1. The number of aliphatic hydroxyl groups is 1. The van der Waals surface area contributed by atoms with Crippen molar-refractivity contribution < 1.29 is 14.2 Å². The van der Waals surface area contributed by atoms with E-state index in [1.54, 1.807) is 18.0 Å². The second-order valence-electron chi connectivity index (χ2n) is 4.15. The maximum absolute atomic E-state index is 13.6. The predicted molar refractivity (Wildman–Crippen MR) is 66.9 cm³/mol. The molecule has 0 aliphatic rings. The minimum absolute atomic E-state index is 0.00763. The molecule has 0 amide bonds. The summed E-state index contributed by atoms with van der Waals surface area (Å²) in [6, 6.07) is 2.79. The molecule has 1 aromatic rings. The van der Waals surface area contributed by atoms with Crippen LogP contribution in [0, 0.1) is 5.82 Å². The Balaban J connectivity index is 3.05. The number of hydrogen-bond donors (Lipinski definition) is 2. The first-order valence-corrected chi connectivity index (χ1v) is 5.53. The Kier molecular flexibility index (Phi) is 4.57. The van der Waals surface area contributed by atoms with E-state index >= 15 is 0 Å². The van der Waals surface area contributed by atoms with E-state index in [4.69, 9.17) is 15.6 Å². The Morgan fingerprint density at radius 1 is 1.47 bits per heavy atom. The molecular weight excluding hydrogens is 223 g/mol. The van der Waals surface area contributed by atoms with E-state index in [0.29, 0.717) is 17.9 Å². The van der Waals surface area contributed by atoms with Crippen LogP contribution in [-0.2, 0) is 0 Å². The van der Waals surface area contributed by atoms with Gasteiger partial charge >= 0.3 is 0 Å². The molecule has 0 saturated heterocycles. The molecule has 0 aliphatic heterocycles. The van der Waals surface area contributed by atoms with Gasteiger partial charge < -0.3 is 20.5 Å². The van der Waals surface area contributed by atoms with Crippen LogP contribution >= 0.6 is 0 Å². The molecule has 3 N–H and O–H groups in total. The minimum atomic E-state index is -0.475. The van der Waals surface area contributed by atoms with Crippen molar-refractivity contribution in [2.75, 3.05) is 30.8 Å². The Hall–Kier alpha value is -1.49. The van der Waals surface area contributed by atoms with Crippen LogP contribution in [0.3, 0.4) is 0 Å². The molecule has 0 radical (unpaired) electrons. The van der Waals surface area contributed by atoms with Crippen LogP contribution in [-0.4, -0.2) is 31.4 Å². The SMILES string of the molecule is CC(C)Oc1cc(N(C)CCO)c(N)cc1F. The molecular formula is C12H19FN2O2. The van der Waals surface area contributed by atoms with Gasteiger partial charge in [-0.05, 0) is 13.8 Å². The molecule has 96 valence electrons. The van der Waals surface area contributed by atoms with Gasteiger partial charge in [-0.1, -0.05) is 0 Å². The van der Waals surface area contributed by atoms with Crippen molar-refractivity contribution >= 4 is 11.4 Å². The molecule has 5 heteroatoms. The number of aliphatic hydroxyl groups excluding tert-OH is 1. The van der Waals surface area contributed by atoms with E-state index in [2.05, 4.69) is 0 Å². The summed E-state index contributed by atoms with van der Waals surface area (Å²) < 4.78 is 18.9. The van der Waals surface area contributed by atoms with Crippen LogP contribution in [0.15, 0.2) is 12.1 Å². The molecule has 0 aromatic heterocycles. The van der Waals surface area contributed by atoms with Gasteiger partial charge in [0.15, 0.2) is 11.6 Å². The Morgan fingerprint density at radius 2 is 2.12 bits per heavy atom. The highest BCUT2D eigenvalue weighted by Gasteiger charge is 2.13. The number of rotatable bonds is 5. The first-order chi connectivity index (χ1) is 7.95. The number of anilines is 2. The van der Waals surface area contributed by atoms with Crippen LogP contribution < -0.4 is 15.4 Å². The fraction of sp³-hybridized carbons (Fsp3) is 0.500. The zero-order valence-corrected chi connectivity index (χ0v) is 10.4. The van der Waals surface area contributed by atoms with E-state index in [1.165, 1.54) is 6.07 Å². The van der Waals surface area contributed by atoms with Crippen molar-refractivity contribution in [3.63, 3.8) is 0 Å². The molecule has 0 saturated carbocycles. The standard InChI is InChI=1S/C12H19FN2O2/c1-8(2)17-12-7-11(15(3)4-5-16)10(14)6-9(12)13/h6-8,16H,4-5,14H2,1-3H3. The smallest absolute Gasteiger partial charge is 0.167 e. The summed E-state index contributed by atoms with van der Waals surface area (Å²) in [6.07, 6.45) is -0.107. The number of nitrogen functional groups attached to an aromatic ring is 1. The highest BCUT2D eigenvalue weighted by Crippen LogP contribution is 2.30. The number of ether oxygens (including phenoxy) is 1. The van der Waals surface area contributed by atoms with Gasteiger partial charge in [0.2, 0.25) is 0 Å². The third-order valence-corrected chi connectivity index (χ3v) is 2.29. The molecule has 0 fully saturated rings. The summed E-state index contributed by atoms with van der Waals surface area (Å²) in [6.45, 7) is 4.09. The fourth-order valence-electron chi connectivity index (χ4n) is 1.50. The van der Waals surface area contributed by atoms with Crippen molar-refractivity contribution in [2.45, 2.75) is 20.0 Å². The van der Waals surface area contributed by atoms with Crippen molar-refractivity contribution in [1.82, 2.24) is 0 Å². The normalized spacial score (nSPS) is 10.7. The average Bonchev–Trinajstić information content (AvgIpc) is 2.21. The lowest BCUT2D eigenvalue weighted by Gasteiger charge is -2.21. The van der Waals surface area contributed by atoms with Crippen LogP contribution in [0.2, 0.25) is 0 Å². The molecule has 1 rings (SSSR count). The monoisotopic (exact) mass is 242 g/mol. The highest BCUT2D eigenvalue weighted by atomic mass is 19.1. The molecule has 1 aromatic carbocycles. The van der Waals surface area contributed by atoms with Crippen LogP contribution in [0.5, 0.6) is 5.75 Å². The van der Waals surface area contributed by atoms with Crippen molar-refractivity contribution in [2.24, 2.45) is 0 Å². The lowest BCUT2D eigenvalue weighted by molar-refractivity contribution is 0.231. The summed E-state index contributed by atoms with van der Waals surface area (Å²) in [7, 11) is 1.78.